The Morgan fingerprint density at radius 3 is 2.92 bits per heavy atom. The molecule has 0 aromatic carbocycles. The summed E-state index contributed by atoms with van der Waals surface area (Å²) >= 11 is 0. The topological polar surface area (TPSA) is 49.2 Å². The van der Waals surface area contributed by atoms with Crippen LogP contribution in [0.15, 0.2) is 43.2 Å². The Morgan fingerprint density at radius 2 is 2.24 bits per heavy atom. The fourth-order valence-corrected chi connectivity index (χ4v) is 2.81. The molecule has 1 saturated heterocycles. The van der Waals surface area contributed by atoms with E-state index in [1.54, 1.807) is 12.4 Å². The smallest absolute Gasteiger partial charge is 0.150 e. The number of aromatic nitrogens is 3. The molecule has 0 bridgehead atoms. The van der Waals surface area contributed by atoms with Crippen molar-refractivity contribution in [1.82, 2.24) is 14.8 Å². The number of rotatable bonds is 7. The van der Waals surface area contributed by atoms with E-state index in [0.29, 0.717) is 6.61 Å². The van der Waals surface area contributed by atoms with Crippen LogP contribution in [0.1, 0.15) is 45.8 Å². The number of hydrogen-bond acceptors (Lipinski definition) is 4. The van der Waals surface area contributed by atoms with E-state index in [4.69, 9.17) is 9.47 Å². The van der Waals surface area contributed by atoms with Gasteiger partial charge in [-0.05, 0) is 49.3 Å². The maximum absolute atomic E-state index is 5.84. The average molecular weight is 341 g/mol. The molecule has 0 saturated carbocycles. The molecule has 5 heteroatoms. The van der Waals surface area contributed by atoms with Gasteiger partial charge in [0.15, 0.2) is 6.23 Å². The lowest BCUT2D eigenvalue weighted by Crippen LogP contribution is -2.20. The van der Waals surface area contributed by atoms with Crippen LogP contribution in [0.5, 0.6) is 5.75 Å². The van der Waals surface area contributed by atoms with Crippen LogP contribution in [0.2, 0.25) is 0 Å². The first-order valence-electron chi connectivity index (χ1n) is 8.97. The monoisotopic (exact) mass is 341 g/mol. The minimum Gasteiger partial charge on any atom is -0.492 e. The molecule has 0 amide bonds. The lowest BCUT2D eigenvalue weighted by Gasteiger charge is -2.24. The third-order valence-electron chi connectivity index (χ3n) is 4.67. The highest BCUT2D eigenvalue weighted by molar-refractivity contribution is 5.54. The average Bonchev–Trinajstić information content (AvgIpc) is 3.13. The third-order valence-corrected chi connectivity index (χ3v) is 4.67. The standard InChI is InChI=1S/C20H27N3O2/c1-4-20(2,3)11-14-24-16-8-9-17(21-15-16)18-10-12-22-23(18)19-7-5-6-13-25-19/h4,8-10,12,15,19H,1,5-7,11,13-14H2,2-3H3. The third kappa shape index (κ3) is 4.48. The van der Waals surface area contributed by atoms with Crippen LogP contribution in [0.25, 0.3) is 11.4 Å². The van der Waals surface area contributed by atoms with E-state index in [1.165, 1.54) is 6.42 Å². The molecule has 25 heavy (non-hydrogen) atoms. The Balaban J connectivity index is 1.65. The van der Waals surface area contributed by atoms with Crippen molar-refractivity contribution in [2.24, 2.45) is 5.41 Å². The largest absolute Gasteiger partial charge is 0.492 e. The van der Waals surface area contributed by atoms with Crippen LogP contribution in [-0.2, 0) is 4.74 Å². The molecule has 1 atom stereocenters. The van der Waals surface area contributed by atoms with Crippen molar-refractivity contribution in [2.45, 2.75) is 45.8 Å². The maximum Gasteiger partial charge on any atom is 0.150 e. The SMILES string of the molecule is C=CC(C)(C)CCOc1ccc(-c2ccnn2C2CCCCO2)nc1. The zero-order valence-corrected chi connectivity index (χ0v) is 15.1. The molecule has 1 aliphatic rings. The second-order valence-electron chi connectivity index (χ2n) is 7.15. The predicted molar refractivity (Wildman–Crippen MR) is 98.4 cm³/mol. The molecule has 1 unspecified atom stereocenters. The van der Waals surface area contributed by atoms with Gasteiger partial charge in [-0.25, -0.2) is 4.68 Å². The highest BCUT2D eigenvalue weighted by atomic mass is 16.5. The van der Waals surface area contributed by atoms with Gasteiger partial charge in [-0.2, -0.15) is 5.10 Å². The van der Waals surface area contributed by atoms with E-state index in [1.807, 2.05) is 29.0 Å². The summed E-state index contributed by atoms with van der Waals surface area (Å²) in [6, 6.07) is 5.92. The van der Waals surface area contributed by atoms with Crippen molar-refractivity contribution in [2.75, 3.05) is 13.2 Å². The van der Waals surface area contributed by atoms with Crippen LogP contribution >= 0.6 is 0 Å². The first kappa shape index (κ1) is 17.7. The van der Waals surface area contributed by atoms with Crippen molar-refractivity contribution in [3.63, 3.8) is 0 Å². The molecule has 134 valence electrons. The van der Waals surface area contributed by atoms with Gasteiger partial charge in [-0.15, -0.1) is 6.58 Å². The molecule has 0 spiro atoms. The highest BCUT2D eigenvalue weighted by Crippen LogP contribution is 2.28. The molecular weight excluding hydrogens is 314 g/mol. The second-order valence-corrected chi connectivity index (χ2v) is 7.15. The summed E-state index contributed by atoms with van der Waals surface area (Å²) in [6.45, 7) is 9.61. The van der Waals surface area contributed by atoms with Crippen LogP contribution in [0, 0.1) is 5.41 Å². The van der Waals surface area contributed by atoms with Crippen LogP contribution < -0.4 is 4.74 Å². The summed E-state index contributed by atoms with van der Waals surface area (Å²) in [6.07, 6.45) is 9.76. The highest BCUT2D eigenvalue weighted by Gasteiger charge is 2.20. The van der Waals surface area contributed by atoms with E-state index in [9.17, 15) is 0 Å². The molecule has 0 aliphatic carbocycles. The van der Waals surface area contributed by atoms with Gasteiger partial charge in [-0.1, -0.05) is 19.9 Å². The van der Waals surface area contributed by atoms with E-state index in [-0.39, 0.29) is 11.6 Å². The minimum absolute atomic E-state index is 0.0117. The Labute approximate surface area is 149 Å². The summed E-state index contributed by atoms with van der Waals surface area (Å²) in [7, 11) is 0. The number of ether oxygens (including phenoxy) is 2. The molecule has 3 heterocycles. The van der Waals surface area contributed by atoms with Gasteiger partial charge in [0.2, 0.25) is 0 Å². The van der Waals surface area contributed by atoms with E-state index < -0.39 is 0 Å². The molecular formula is C20H27N3O2. The summed E-state index contributed by atoms with van der Waals surface area (Å²) in [4.78, 5) is 4.55. The summed E-state index contributed by atoms with van der Waals surface area (Å²) in [5, 5.41) is 4.44. The normalized spacial score (nSPS) is 18.1. The van der Waals surface area contributed by atoms with E-state index in [0.717, 1.165) is 43.0 Å². The van der Waals surface area contributed by atoms with Crippen molar-refractivity contribution < 1.29 is 9.47 Å². The van der Waals surface area contributed by atoms with Crippen molar-refractivity contribution in [1.29, 1.82) is 0 Å². The van der Waals surface area contributed by atoms with Gasteiger partial charge in [0.25, 0.3) is 0 Å². The molecule has 5 nitrogen and oxygen atoms in total. The molecule has 1 aliphatic heterocycles. The fraction of sp³-hybridized carbons (Fsp3) is 0.500. The molecule has 3 rings (SSSR count). The Kier molecular flexibility index (Phi) is 5.53. The molecule has 0 radical (unpaired) electrons. The Bertz CT molecular complexity index is 685. The zero-order valence-electron chi connectivity index (χ0n) is 15.1. The lowest BCUT2D eigenvalue weighted by atomic mass is 9.90. The summed E-state index contributed by atoms with van der Waals surface area (Å²) in [5.41, 5.74) is 1.94. The molecule has 0 N–H and O–H groups in total. The predicted octanol–water partition coefficient (Wildman–Crippen LogP) is 4.63. The Morgan fingerprint density at radius 1 is 1.36 bits per heavy atom. The summed E-state index contributed by atoms with van der Waals surface area (Å²) in [5.74, 6) is 0.781. The molecule has 2 aromatic rings. The van der Waals surface area contributed by atoms with Crippen LogP contribution in [0.4, 0.5) is 0 Å². The van der Waals surface area contributed by atoms with Gasteiger partial charge in [0.05, 0.1) is 24.2 Å². The first-order chi connectivity index (χ1) is 12.1. The molecule has 1 fully saturated rings. The summed E-state index contributed by atoms with van der Waals surface area (Å²) < 4.78 is 13.6. The van der Waals surface area contributed by atoms with Gasteiger partial charge in [0.1, 0.15) is 5.75 Å². The van der Waals surface area contributed by atoms with Crippen molar-refractivity contribution in [3.8, 4) is 17.1 Å². The maximum atomic E-state index is 5.84. The van der Waals surface area contributed by atoms with Gasteiger partial charge in [0, 0.05) is 12.8 Å². The quantitative estimate of drug-likeness (QED) is 0.689. The van der Waals surface area contributed by atoms with Gasteiger partial charge < -0.3 is 9.47 Å². The first-order valence-corrected chi connectivity index (χ1v) is 8.97. The van der Waals surface area contributed by atoms with Gasteiger partial charge in [-0.3, -0.25) is 4.98 Å². The minimum atomic E-state index is 0.0117. The lowest BCUT2D eigenvalue weighted by molar-refractivity contribution is -0.0384. The number of nitrogens with zero attached hydrogens (tertiary/aromatic N) is 3. The van der Waals surface area contributed by atoms with E-state index >= 15 is 0 Å². The van der Waals surface area contributed by atoms with Crippen molar-refractivity contribution in [3.05, 3.63) is 43.2 Å². The Hall–Kier alpha value is -2.14. The number of allylic oxidation sites excluding steroid dienone is 1. The van der Waals surface area contributed by atoms with Crippen molar-refractivity contribution >= 4 is 0 Å². The zero-order chi connectivity index (χ0) is 17.7. The second kappa shape index (κ2) is 7.83. The van der Waals surface area contributed by atoms with E-state index in [2.05, 4.69) is 30.5 Å². The van der Waals surface area contributed by atoms with Crippen LogP contribution in [-0.4, -0.2) is 28.0 Å². The fourth-order valence-electron chi connectivity index (χ4n) is 2.81. The van der Waals surface area contributed by atoms with Crippen LogP contribution in [0.3, 0.4) is 0 Å². The number of hydrogen-bond donors (Lipinski definition) is 0. The van der Waals surface area contributed by atoms with Gasteiger partial charge >= 0.3 is 0 Å². The number of pyridine rings is 1. The molecule has 2 aromatic heterocycles.